The van der Waals surface area contributed by atoms with Gasteiger partial charge in [0, 0.05) is 13.5 Å². The Bertz CT molecular complexity index is 204. The minimum absolute atomic E-state index is 0.110. The van der Waals surface area contributed by atoms with E-state index in [-0.39, 0.29) is 18.4 Å². The first-order chi connectivity index (χ1) is 6.49. The molecule has 2 amide bonds. The van der Waals surface area contributed by atoms with Crippen LogP contribution in [0.15, 0.2) is 0 Å². The molecule has 0 saturated carbocycles. The number of nitrogens with two attached hydrogens (primary N) is 1. The highest BCUT2D eigenvalue weighted by Gasteiger charge is 2.15. The summed E-state index contributed by atoms with van der Waals surface area (Å²) < 4.78 is 0. The van der Waals surface area contributed by atoms with Gasteiger partial charge in [-0.3, -0.25) is 14.5 Å². The Kier molecular flexibility index (Phi) is 6.07. The molecule has 5 nitrogen and oxygen atoms in total. The number of rotatable bonds is 5. The second-order valence-electron chi connectivity index (χ2n) is 3.43. The predicted octanol–water partition coefficient (Wildman–Crippen LogP) is -0.728. The molecule has 0 aromatic rings. The van der Waals surface area contributed by atoms with Crippen molar-refractivity contribution < 1.29 is 9.59 Å². The highest BCUT2D eigenvalue weighted by atomic mass is 16.2. The summed E-state index contributed by atoms with van der Waals surface area (Å²) in [6.45, 7) is 2.57. The van der Waals surface area contributed by atoms with Crippen molar-refractivity contribution in [3.63, 3.8) is 0 Å². The maximum Gasteiger partial charge on any atom is 0.242 e. The van der Waals surface area contributed by atoms with E-state index >= 15 is 0 Å². The SMILES string of the molecule is CC(=O)N(CCCN(C)C)C(=O)CN. The molecule has 0 aromatic carbocycles. The molecule has 0 radical (unpaired) electrons. The van der Waals surface area contributed by atoms with Gasteiger partial charge in [-0.1, -0.05) is 0 Å². The third kappa shape index (κ3) is 4.94. The molecule has 82 valence electrons. The third-order valence-electron chi connectivity index (χ3n) is 1.84. The monoisotopic (exact) mass is 201 g/mol. The van der Waals surface area contributed by atoms with Crippen LogP contribution in [0.3, 0.4) is 0 Å². The first-order valence-electron chi connectivity index (χ1n) is 4.64. The number of nitrogens with zero attached hydrogens (tertiary/aromatic N) is 2. The van der Waals surface area contributed by atoms with Gasteiger partial charge in [0.05, 0.1) is 6.54 Å². The third-order valence-corrected chi connectivity index (χ3v) is 1.84. The van der Waals surface area contributed by atoms with E-state index < -0.39 is 0 Å². The molecule has 0 rings (SSSR count). The first-order valence-corrected chi connectivity index (χ1v) is 4.64. The molecule has 0 heterocycles. The van der Waals surface area contributed by atoms with Crippen molar-refractivity contribution in [2.24, 2.45) is 5.73 Å². The Hall–Kier alpha value is -0.940. The van der Waals surface area contributed by atoms with Crippen molar-refractivity contribution in [2.45, 2.75) is 13.3 Å². The van der Waals surface area contributed by atoms with Crippen LogP contribution in [0.25, 0.3) is 0 Å². The summed E-state index contributed by atoms with van der Waals surface area (Å²) in [5.74, 6) is -0.546. The highest BCUT2D eigenvalue weighted by Crippen LogP contribution is 1.94. The van der Waals surface area contributed by atoms with Gasteiger partial charge in [0.25, 0.3) is 0 Å². The van der Waals surface area contributed by atoms with Crippen LogP contribution in [0.5, 0.6) is 0 Å². The van der Waals surface area contributed by atoms with Crippen LogP contribution in [0.2, 0.25) is 0 Å². The van der Waals surface area contributed by atoms with Crippen molar-refractivity contribution in [1.29, 1.82) is 0 Å². The molecule has 0 unspecified atom stereocenters. The Balaban J connectivity index is 3.99. The smallest absolute Gasteiger partial charge is 0.242 e. The Labute approximate surface area is 84.8 Å². The van der Waals surface area contributed by atoms with Crippen LogP contribution < -0.4 is 5.73 Å². The number of imide groups is 1. The van der Waals surface area contributed by atoms with E-state index in [4.69, 9.17) is 5.73 Å². The molecule has 0 bridgehead atoms. The summed E-state index contributed by atoms with van der Waals surface area (Å²) in [6, 6.07) is 0. The Morgan fingerprint density at radius 1 is 1.21 bits per heavy atom. The number of carbonyl (C=O) groups excluding carboxylic acids is 2. The van der Waals surface area contributed by atoms with E-state index in [2.05, 4.69) is 0 Å². The van der Waals surface area contributed by atoms with Gasteiger partial charge in [-0.05, 0) is 27.1 Å². The fourth-order valence-electron chi connectivity index (χ4n) is 1.11. The average Bonchev–Trinajstić information content (AvgIpc) is 2.10. The van der Waals surface area contributed by atoms with E-state index in [1.54, 1.807) is 0 Å². The van der Waals surface area contributed by atoms with Crippen LogP contribution in [0.1, 0.15) is 13.3 Å². The standard InChI is InChI=1S/C9H19N3O2/c1-8(13)12(9(14)7-10)6-4-5-11(2)3/h4-7,10H2,1-3H3. The number of hydrogen-bond acceptors (Lipinski definition) is 4. The normalized spacial score (nSPS) is 10.4. The van der Waals surface area contributed by atoms with Gasteiger partial charge in [-0.15, -0.1) is 0 Å². The number of amides is 2. The molecule has 5 heteroatoms. The molecule has 14 heavy (non-hydrogen) atoms. The Morgan fingerprint density at radius 2 is 1.79 bits per heavy atom. The van der Waals surface area contributed by atoms with Crippen LogP contribution in [-0.4, -0.2) is 55.3 Å². The molecule has 0 aromatic heterocycles. The van der Waals surface area contributed by atoms with Gasteiger partial charge in [0.1, 0.15) is 0 Å². The van der Waals surface area contributed by atoms with Crippen LogP contribution >= 0.6 is 0 Å². The van der Waals surface area contributed by atoms with Crippen LogP contribution in [-0.2, 0) is 9.59 Å². The van der Waals surface area contributed by atoms with E-state index in [0.29, 0.717) is 6.54 Å². The van der Waals surface area contributed by atoms with Crippen molar-refractivity contribution >= 4 is 11.8 Å². The lowest BCUT2D eigenvalue weighted by atomic mass is 10.3. The minimum atomic E-state index is -0.309. The van der Waals surface area contributed by atoms with Crippen molar-refractivity contribution in [2.75, 3.05) is 33.7 Å². The van der Waals surface area contributed by atoms with Crippen molar-refractivity contribution in [3.8, 4) is 0 Å². The summed E-state index contributed by atoms with van der Waals surface area (Å²) in [5, 5.41) is 0. The van der Waals surface area contributed by atoms with Crippen molar-refractivity contribution in [1.82, 2.24) is 9.80 Å². The van der Waals surface area contributed by atoms with Gasteiger partial charge in [-0.2, -0.15) is 0 Å². The maximum atomic E-state index is 11.2. The molecular formula is C9H19N3O2. The minimum Gasteiger partial charge on any atom is -0.322 e. The molecule has 0 aliphatic carbocycles. The summed E-state index contributed by atoms with van der Waals surface area (Å²) in [6.07, 6.45) is 0.776. The molecule has 0 spiro atoms. The van der Waals surface area contributed by atoms with Gasteiger partial charge in [0.15, 0.2) is 0 Å². The molecule has 0 atom stereocenters. The van der Waals surface area contributed by atoms with Crippen molar-refractivity contribution in [3.05, 3.63) is 0 Å². The topological polar surface area (TPSA) is 66.6 Å². The summed E-state index contributed by atoms with van der Waals surface area (Å²) in [7, 11) is 3.89. The average molecular weight is 201 g/mol. The van der Waals surface area contributed by atoms with Gasteiger partial charge in [-0.25, -0.2) is 0 Å². The lowest BCUT2D eigenvalue weighted by molar-refractivity contribution is -0.142. The summed E-state index contributed by atoms with van der Waals surface area (Å²) >= 11 is 0. The number of hydrogen-bond donors (Lipinski definition) is 1. The van der Waals surface area contributed by atoms with Gasteiger partial charge >= 0.3 is 0 Å². The number of carbonyl (C=O) groups is 2. The highest BCUT2D eigenvalue weighted by molar-refractivity contribution is 5.94. The zero-order chi connectivity index (χ0) is 11.1. The lowest BCUT2D eigenvalue weighted by Crippen LogP contribution is -2.40. The zero-order valence-electron chi connectivity index (χ0n) is 9.12. The van der Waals surface area contributed by atoms with E-state index in [9.17, 15) is 9.59 Å². The van der Waals surface area contributed by atoms with E-state index in [0.717, 1.165) is 13.0 Å². The Morgan fingerprint density at radius 3 is 2.14 bits per heavy atom. The summed E-state index contributed by atoms with van der Waals surface area (Å²) in [4.78, 5) is 25.5. The van der Waals surface area contributed by atoms with Gasteiger partial charge in [0.2, 0.25) is 11.8 Å². The fraction of sp³-hybridized carbons (Fsp3) is 0.778. The predicted molar refractivity (Wildman–Crippen MR) is 54.6 cm³/mol. The molecule has 2 N–H and O–H groups in total. The second kappa shape index (κ2) is 6.50. The summed E-state index contributed by atoms with van der Waals surface area (Å²) in [5.41, 5.74) is 5.19. The molecule has 0 fully saturated rings. The van der Waals surface area contributed by atoms with Gasteiger partial charge < -0.3 is 10.6 Å². The molecule has 0 saturated heterocycles. The second-order valence-corrected chi connectivity index (χ2v) is 3.43. The zero-order valence-corrected chi connectivity index (χ0v) is 9.12. The van der Waals surface area contributed by atoms with E-state index in [1.807, 2.05) is 19.0 Å². The fourth-order valence-corrected chi connectivity index (χ4v) is 1.11. The lowest BCUT2D eigenvalue weighted by Gasteiger charge is -2.19. The van der Waals surface area contributed by atoms with Crippen LogP contribution in [0.4, 0.5) is 0 Å². The molecule has 0 aliphatic heterocycles. The van der Waals surface area contributed by atoms with Crippen LogP contribution in [0, 0.1) is 0 Å². The molecular weight excluding hydrogens is 182 g/mol. The largest absolute Gasteiger partial charge is 0.322 e. The molecule has 0 aliphatic rings. The maximum absolute atomic E-state index is 11.2. The first kappa shape index (κ1) is 13.1. The quantitative estimate of drug-likeness (QED) is 0.637. The van der Waals surface area contributed by atoms with E-state index in [1.165, 1.54) is 11.8 Å².